The van der Waals surface area contributed by atoms with Gasteiger partial charge in [-0.2, -0.15) is 0 Å². The summed E-state index contributed by atoms with van der Waals surface area (Å²) < 4.78 is 5.07. The fourth-order valence-corrected chi connectivity index (χ4v) is 5.37. The molecule has 0 saturated carbocycles. The lowest BCUT2D eigenvalue weighted by atomic mass is 9.76. The number of fused-ring (bicyclic) bond motifs is 4. The van der Waals surface area contributed by atoms with Gasteiger partial charge < -0.3 is 10.1 Å². The zero-order chi connectivity index (χ0) is 20.9. The Balaban J connectivity index is 1.79. The molecule has 0 unspecified atom stereocenters. The van der Waals surface area contributed by atoms with Gasteiger partial charge in [0.15, 0.2) is 0 Å². The van der Waals surface area contributed by atoms with E-state index in [0.717, 1.165) is 0 Å². The first-order valence-electron chi connectivity index (χ1n) is 10.0. The van der Waals surface area contributed by atoms with Crippen molar-refractivity contribution in [2.45, 2.75) is 38.3 Å². The number of carbonyl (C=O) groups is 3. The van der Waals surface area contributed by atoms with Crippen LogP contribution in [-0.2, 0) is 24.7 Å². The van der Waals surface area contributed by atoms with Crippen LogP contribution in [0.15, 0.2) is 18.2 Å². The largest absolute Gasteiger partial charge is 0.385 e. The Bertz CT molecular complexity index is 873. The summed E-state index contributed by atoms with van der Waals surface area (Å²) in [4.78, 5) is 41.3. The van der Waals surface area contributed by atoms with Crippen molar-refractivity contribution in [1.82, 2.24) is 10.2 Å². The molecule has 4 rings (SSSR count). The van der Waals surface area contributed by atoms with Gasteiger partial charge in [-0.05, 0) is 24.8 Å². The van der Waals surface area contributed by atoms with E-state index in [1.54, 1.807) is 19.2 Å². The van der Waals surface area contributed by atoms with E-state index >= 15 is 0 Å². The Kier molecular flexibility index (Phi) is 5.17. The number of carbonyl (C=O) groups excluding carboxylic acids is 3. The lowest BCUT2D eigenvalue weighted by Gasteiger charge is -2.30. The van der Waals surface area contributed by atoms with Gasteiger partial charge in [-0.3, -0.25) is 24.6 Å². The number of amides is 3. The number of imide groups is 1. The molecule has 0 aromatic heterocycles. The van der Waals surface area contributed by atoms with Crippen LogP contribution in [-0.4, -0.2) is 48.9 Å². The Morgan fingerprint density at radius 3 is 2.69 bits per heavy atom. The van der Waals surface area contributed by atoms with E-state index in [1.165, 1.54) is 4.90 Å². The van der Waals surface area contributed by atoms with Gasteiger partial charge in [0.2, 0.25) is 17.7 Å². The molecule has 2 fully saturated rings. The molecular formula is C21H26ClN3O4. The van der Waals surface area contributed by atoms with E-state index in [0.29, 0.717) is 48.2 Å². The van der Waals surface area contributed by atoms with Crippen LogP contribution < -0.4 is 10.6 Å². The van der Waals surface area contributed by atoms with Crippen molar-refractivity contribution in [2.75, 3.05) is 25.6 Å². The summed E-state index contributed by atoms with van der Waals surface area (Å²) in [5, 5.41) is 6.69. The number of hydrogen-bond donors (Lipinski definition) is 2. The molecule has 0 bridgehead atoms. The number of ether oxygens (including phenoxy) is 1. The van der Waals surface area contributed by atoms with E-state index in [9.17, 15) is 14.4 Å². The van der Waals surface area contributed by atoms with Gasteiger partial charge >= 0.3 is 0 Å². The quantitative estimate of drug-likeness (QED) is 0.545. The second kappa shape index (κ2) is 7.38. The van der Waals surface area contributed by atoms with Gasteiger partial charge in [-0.25, -0.2) is 0 Å². The molecule has 0 radical (unpaired) electrons. The lowest BCUT2D eigenvalue weighted by Crippen LogP contribution is -2.53. The van der Waals surface area contributed by atoms with Crippen LogP contribution in [0.5, 0.6) is 0 Å². The number of para-hydroxylation sites is 1. The van der Waals surface area contributed by atoms with Crippen LogP contribution in [0.25, 0.3) is 0 Å². The number of anilines is 1. The minimum atomic E-state index is -1.27. The van der Waals surface area contributed by atoms with Crippen molar-refractivity contribution < 1.29 is 19.1 Å². The Labute approximate surface area is 175 Å². The molecule has 3 amide bonds. The van der Waals surface area contributed by atoms with Gasteiger partial charge in [0.25, 0.3) is 0 Å². The van der Waals surface area contributed by atoms with Crippen LogP contribution in [0.3, 0.4) is 0 Å². The molecule has 2 N–H and O–H groups in total. The zero-order valence-electron chi connectivity index (χ0n) is 16.8. The van der Waals surface area contributed by atoms with E-state index in [1.807, 2.05) is 6.07 Å². The molecular weight excluding hydrogens is 394 g/mol. The molecule has 29 heavy (non-hydrogen) atoms. The number of benzene rings is 1. The topological polar surface area (TPSA) is 87.7 Å². The minimum absolute atomic E-state index is 0.200. The summed E-state index contributed by atoms with van der Waals surface area (Å²) >= 11 is 6.32. The highest BCUT2D eigenvalue weighted by Crippen LogP contribution is 2.54. The molecule has 1 aromatic rings. The number of nitrogens with zero attached hydrogens (tertiary/aromatic N) is 1. The summed E-state index contributed by atoms with van der Waals surface area (Å²) in [6.07, 6.45) is 1.26. The molecule has 8 heteroatoms. The predicted molar refractivity (Wildman–Crippen MR) is 108 cm³/mol. The fraction of sp³-hybridized carbons (Fsp3) is 0.571. The van der Waals surface area contributed by atoms with Gasteiger partial charge in [0.1, 0.15) is 5.54 Å². The Morgan fingerprint density at radius 2 is 2.00 bits per heavy atom. The summed E-state index contributed by atoms with van der Waals surface area (Å²) in [6, 6.07) is 5.02. The van der Waals surface area contributed by atoms with Crippen molar-refractivity contribution in [1.29, 1.82) is 0 Å². The van der Waals surface area contributed by atoms with Crippen LogP contribution >= 0.6 is 11.6 Å². The zero-order valence-corrected chi connectivity index (χ0v) is 17.6. The molecule has 3 aliphatic rings. The summed E-state index contributed by atoms with van der Waals surface area (Å²) in [7, 11) is 1.59. The lowest BCUT2D eigenvalue weighted by molar-refractivity contribution is -0.143. The first-order valence-corrected chi connectivity index (χ1v) is 10.4. The summed E-state index contributed by atoms with van der Waals surface area (Å²) in [5.41, 5.74) is -0.0995. The summed E-state index contributed by atoms with van der Waals surface area (Å²) in [5.74, 6) is -1.85. The van der Waals surface area contributed by atoms with Crippen molar-refractivity contribution >= 4 is 35.0 Å². The second-order valence-electron chi connectivity index (χ2n) is 8.48. The monoisotopic (exact) mass is 419 g/mol. The first kappa shape index (κ1) is 20.3. The highest BCUT2D eigenvalue weighted by molar-refractivity contribution is 6.35. The van der Waals surface area contributed by atoms with Crippen LogP contribution in [0.2, 0.25) is 5.02 Å². The number of methoxy groups -OCH3 is 1. The molecule has 7 nitrogen and oxygen atoms in total. The normalized spacial score (nSPS) is 30.4. The molecule has 156 valence electrons. The average Bonchev–Trinajstić information content (AvgIpc) is 3.23. The van der Waals surface area contributed by atoms with Crippen LogP contribution in [0.1, 0.15) is 32.3 Å². The van der Waals surface area contributed by atoms with Crippen molar-refractivity contribution in [3.8, 4) is 0 Å². The maximum absolute atomic E-state index is 13.4. The van der Waals surface area contributed by atoms with E-state index in [4.69, 9.17) is 16.3 Å². The number of likely N-dealkylation sites (tertiary alicyclic amines) is 1. The van der Waals surface area contributed by atoms with E-state index in [-0.39, 0.29) is 23.8 Å². The minimum Gasteiger partial charge on any atom is -0.385 e. The SMILES string of the molecule is COCCCN1C(=O)[C@@H]2[C@H](CC(C)C)N[C@]3(C(=O)Nc4c(Cl)cccc43)[C@@H]2C1=O. The smallest absolute Gasteiger partial charge is 0.250 e. The molecule has 1 spiro atoms. The van der Waals surface area contributed by atoms with Gasteiger partial charge in [-0.15, -0.1) is 0 Å². The summed E-state index contributed by atoms with van der Waals surface area (Å²) in [6.45, 7) is 4.90. The van der Waals surface area contributed by atoms with Crippen molar-refractivity contribution in [2.24, 2.45) is 17.8 Å². The van der Waals surface area contributed by atoms with Gasteiger partial charge in [-0.1, -0.05) is 37.6 Å². The van der Waals surface area contributed by atoms with Crippen molar-refractivity contribution in [3.63, 3.8) is 0 Å². The second-order valence-corrected chi connectivity index (χ2v) is 8.89. The molecule has 2 saturated heterocycles. The first-order chi connectivity index (χ1) is 13.8. The molecule has 3 heterocycles. The van der Waals surface area contributed by atoms with Crippen LogP contribution in [0.4, 0.5) is 5.69 Å². The molecule has 0 aliphatic carbocycles. The maximum Gasteiger partial charge on any atom is 0.250 e. The number of halogens is 1. The number of nitrogens with one attached hydrogen (secondary N) is 2. The van der Waals surface area contributed by atoms with Gasteiger partial charge in [0.05, 0.1) is 22.5 Å². The third-order valence-corrected chi connectivity index (χ3v) is 6.56. The van der Waals surface area contributed by atoms with E-state index in [2.05, 4.69) is 24.5 Å². The highest BCUT2D eigenvalue weighted by atomic mass is 35.5. The Hall–Kier alpha value is -1.96. The molecule has 1 aromatic carbocycles. The highest BCUT2D eigenvalue weighted by Gasteiger charge is 2.70. The fourth-order valence-electron chi connectivity index (χ4n) is 5.15. The van der Waals surface area contributed by atoms with Gasteiger partial charge in [0, 0.05) is 31.9 Å². The van der Waals surface area contributed by atoms with Crippen LogP contribution in [0, 0.1) is 17.8 Å². The third kappa shape index (κ3) is 2.90. The third-order valence-electron chi connectivity index (χ3n) is 6.25. The Morgan fingerprint density at radius 1 is 1.24 bits per heavy atom. The maximum atomic E-state index is 13.4. The standard InChI is InChI=1S/C21H26ClN3O4/c1-11(2)10-14-15-16(19(27)25(18(15)26)8-5-9-29-3)21(24-14)12-6-4-7-13(22)17(12)23-20(21)28/h4,6-7,11,14-16,24H,5,8-10H2,1-3H3,(H,23,28)/t14-,15+,16-,21-/m0/s1. The number of hydrogen-bond acceptors (Lipinski definition) is 5. The van der Waals surface area contributed by atoms with Crippen molar-refractivity contribution in [3.05, 3.63) is 28.8 Å². The average molecular weight is 420 g/mol. The molecule has 4 atom stereocenters. The number of rotatable bonds is 6. The predicted octanol–water partition coefficient (Wildman–Crippen LogP) is 2.14. The van der Waals surface area contributed by atoms with E-state index < -0.39 is 17.4 Å². The molecule has 3 aliphatic heterocycles.